The second-order valence-electron chi connectivity index (χ2n) is 6.80. The molecule has 0 amide bonds. The molecule has 0 aromatic heterocycles. The van der Waals surface area contributed by atoms with Crippen LogP contribution in [0.4, 0.5) is 0 Å². The summed E-state index contributed by atoms with van der Waals surface area (Å²) in [6.07, 6.45) is 3.34. The number of hydrogen-bond acceptors (Lipinski definition) is 4. The van der Waals surface area contributed by atoms with Crippen molar-refractivity contribution in [3.8, 4) is 0 Å². The van der Waals surface area contributed by atoms with E-state index in [1.54, 1.807) is 14.0 Å². The van der Waals surface area contributed by atoms with E-state index < -0.39 is 10.0 Å². The summed E-state index contributed by atoms with van der Waals surface area (Å²) >= 11 is 0. The van der Waals surface area contributed by atoms with Crippen LogP contribution >= 0.6 is 24.0 Å². The third-order valence-electron chi connectivity index (χ3n) is 4.66. The van der Waals surface area contributed by atoms with E-state index in [0.717, 1.165) is 12.5 Å². The molecule has 160 valence electrons. The molecule has 7 nitrogen and oxygen atoms in total. The Bertz CT molecular complexity index is 689. The van der Waals surface area contributed by atoms with Crippen molar-refractivity contribution in [1.82, 2.24) is 20.3 Å². The number of aliphatic imine (C=N–C) groups is 1. The summed E-state index contributed by atoms with van der Waals surface area (Å²) in [5, 5.41) is 6.49. The van der Waals surface area contributed by atoms with Gasteiger partial charge in [-0.25, -0.2) is 13.1 Å². The lowest BCUT2D eigenvalue weighted by Crippen LogP contribution is -2.38. The molecule has 1 aromatic rings. The molecule has 0 bridgehead atoms. The normalized spacial score (nSPS) is 15.3. The zero-order chi connectivity index (χ0) is 19.5. The fourth-order valence-corrected chi connectivity index (χ4v) is 3.65. The number of benzene rings is 1. The van der Waals surface area contributed by atoms with Gasteiger partial charge in [-0.3, -0.25) is 9.89 Å². The van der Waals surface area contributed by atoms with E-state index in [2.05, 4.69) is 49.5 Å². The van der Waals surface area contributed by atoms with Crippen molar-refractivity contribution in [3.05, 3.63) is 35.4 Å². The SMILES string of the molecule is CCS(=O)(=O)NCCCNC(=NC)NCc1ccc(CN2CCCC2)cc1.I. The van der Waals surface area contributed by atoms with Gasteiger partial charge in [0.15, 0.2) is 5.96 Å². The second kappa shape index (κ2) is 13.3. The van der Waals surface area contributed by atoms with Crippen molar-refractivity contribution in [1.29, 1.82) is 0 Å². The Morgan fingerprint density at radius 3 is 2.32 bits per heavy atom. The standard InChI is InChI=1S/C19H33N5O2S.HI/c1-3-27(25,26)23-12-6-11-21-19(20-2)22-15-17-7-9-18(10-8-17)16-24-13-4-5-14-24;/h7-10,23H,3-6,11-16H2,1-2H3,(H2,20,21,22);1H. The predicted molar refractivity (Wildman–Crippen MR) is 127 cm³/mol. The Kier molecular flexibility index (Phi) is 12.0. The predicted octanol–water partition coefficient (Wildman–Crippen LogP) is 1.89. The maximum absolute atomic E-state index is 11.4. The molecule has 0 atom stereocenters. The van der Waals surface area contributed by atoms with Crippen molar-refractivity contribution in [2.75, 3.05) is 39.0 Å². The van der Waals surface area contributed by atoms with Crippen LogP contribution in [-0.2, 0) is 23.1 Å². The van der Waals surface area contributed by atoms with E-state index in [9.17, 15) is 8.42 Å². The summed E-state index contributed by atoms with van der Waals surface area (Å²) in [7, 11) is -1.38. The van der Waals surface area contributed by atoms with Crippen LogP contribution in [0.3, 0.4) is 0 Å². The van der Waals surface area contributed by atoms with Gasteiger partial charge in [-0.1, -0.05) is 24.3 Å². The first kappa shape index (κ1) is 25.1. The summed E-state index contributed by atoms with van der Waals surface area (Å²) in [5.74, 6) is 0.829. The van der Waals surface area contributed by atoms with E-state index >= 15 is 0 Å². The fraction of sp³-hybridized carbons (Fsp3) is 0.632. The van der Waals surface area contributed by atoms with Gasteiger partial charge in [0.05, 0.1) is 5.75 Å². The van der Waals surface area contributed by atoms with Crippen LogP contribution in [-0.4, -0.2) is 58.3 Å². The number of nitrogens with zero attached hydrogens (tertiary/aromatic N) is 2. The Morgan fingerprint density at radius 2 is 1.71 bits per heavy atom. The van der Waals surface area contributed by atoms with Gasteiger partial charge >= 0.3 is 0 Å². The summed E-state index contributed by atoms with van der Waals surface area (Å²) < 4.78 is 25.3. The molecule has 2 rings (SSSR count). The Balaban J connectivity index is 0.00000392. The third-order valence-corrected chi connectivity index (χ3v) is 6.06. The molecule has 1 aliphatic heterocycles. The maximum atomic E-state index is 11.4. The number of halogens is 1. The molecule has 1 aliphatic rings. The molecule has 9 heteroatoms. The zero-order valence-corrected chi connectivity index (χ0v) is 20.1. The lowest BCUT2D eigenvalue weighted by atomic mass is 10.1. The molecule has 1 aromatic carbocycles. The molecule has 28 heavy (non-hydrogen) atoms. The fourth-order valence-electron chi connectivity index (χ4n) is 2.99. The molecule has 1 heterocycles. The van der Waals surface area contributed by atoms with Gasteiger partial charge < -0.3 is 10.6 Å². The highest BCUT2D eigenvalue weighted by Gasteiger charge is 2.11. The smallest absolute Gasteiger partial charge is 0.211 e. The van der Waals surface area contributed by atoms with Gasteiger partial charge in [-0.2, -0.15) is 0 Å². The van der Waals surface area contributed by atoms with Crippen molar-refractivity contribution in [3.63, 3.8) is 0 Å². The molecule has 3 N–H and O–H groups in total. The first-order valence-electron chi connectivity index (χ1n) is 9.74. The van der Waals surface area contributed by atoms with Gasteiger partial charge in [0, 0.05) is 33.2 Å². The van der Waals surface area contributed by atoms with Crippen LogP contribution in [0.1, 0.15) is 37.3 Å². The second-order valence-corrected chi connectivity index (χ2v) is 8.90. The molecule has 0 radical (unpaired) electrons. The van der Waals surface area contributed by atoms with Crippen LogP contribution in [0.2, 0.25) is 0 Å². The maximum Gasteiger partial charge on any atom is 0.211 e. The topological polar surface area (TPSA) is 85.8 Å². The first-order chi connectivity index (χ1) is 13.0. The van der Waals surface area contributed by atoms with Gasteiger partial charge in [0.1, 0.15) is 0 Å². The van der Waals surface area contributed by atoms with E-state index in [1.165, 1.54) is 37.1 Å². The number of sulfonamides is 1. The van der Waals surface area contributed by atoms with Crippen molar-refractivity contribution in [2.45, 2.75) is 39.3 Å². The Morgan fingerprint density at radius 1 is 1.07 bits per heavy atom. The summed E-state index contributed by atoms with van der Waals surface area (Å²) in [4.78, 5) is 6.70. The highest BCUT2D eigenvalue weighted by atomic mass is 127. The number of hydrogen-bond donors (Lipinski definition) is 3. The average molecular weight is 523 g/mol. The van der Waals surface area contributed by atoms with Crippen LogP contribution in [0.25, 0.3) is 0 Å². The lowest BCUT2D eigenvalue weighted by Gasteiger charge is -2.15. The van der Waals surface area contributed by atoms with E-state index in [1.807, 2.05) is 0 Å². The largest absolute Gasteiger partial charge is 0.356 e. The van der Waals surface area contributed by atoms with Crippen LogP contribution < -0.4 is 15.4 Å². The van der Waals surface area contributed by atoms with E-state index in [-0.39, 0.29) is 29.7 Å². The Hall–Kier alpha value is -0.910. The Labute approximate surface area is 186 Å². The highest BCUT2D eigenvalue weighted by molar-refractivity contribution is 14.0. The molecule has 0 spiro atoms. The summed E-state index contributed by atoms with van der Waals surface area (Å²) in [6, 6.07) is 8.72. The van der Waals surface area contributed by atoms with Crippen molar-refractivity contribution < 1.29 is 8.42 Å². The summed E-state index contributed by atoms with van der Waals surface area (Å²) in [6.45, 7) is 6.88. The average Bonchev–Trinajstić information content (AvgIpc) is 3.18. The molecular formula is C19H34IN5O2S. The van der Waals surface area contributed by atoms with Crippen LogP contribution in [0.15, 0.2) is 29.3 Å². The number of likely N-dealkylation sites (tertiary alicyclic amines) is 1. The number of guanidine groups is 1. The molecular weight excluding hydrogens is 489 g/mol. The first-order valence-corrected chi connectivity index (χ1v) is 11.4. The number of nitrogens with one attached hydrogen (secondary N) is 3. The third kappa shape index (κ3) is 9.53. The molecule has 0 saturated carbocycles. The van der Waals surface area contributed by atoms with Crippen LogP contribution in [0, 0.1) is 0 Å². The number of rotatable bonds is 10. The van der Waals surface area contributed by atoms with Crippen molar-refractivity contribution in [2.24, 2.45) is 4.99 Å². The quantitative estimate of drug-likeness (QED) is 0.189. The highest BCUT2D eigenvalue weighted by Crippen LogP contribution is 2.13. The van der Waals surface area contributed by atoms with Gasteiger partial charge in [-0.05, 0) is 50.4 Å². The molecule has 1 fully saturated rings. The molecule has 1 saturated heterocycles. The van der Waals surface area contributed by atoms with Gasteiger partial charge in [-0.15, -0.1) is 24.0 Å². The lowest BCUT2D eigenvalue weighted by molar-refractivity contribution is 0.331. The minimum atomic E-state index is -3.11. The van der Waals surface area contributed by atoms with E-state index in [0.29, 0.717) is 26.1 Å². The zero-order valence-electron chi connectivity index (χ0n) is 16.9. The van der Waals surface area contributed by atoms with Crippen molar-refractivity contribution >= 4 is 40.0 Å². The minimum Gasteiger partial charge on any atom is -0.356 e. The van der Waals surface area contributed by atoms with Gasteiger partial charge in [0.25, 0.3) is 0 Å². The monoisotopic (exact) mass is 523 g/mol. The minimum absolute atomic E-state index is 0. The van der Waals surface area contributed by atoms with Crippen LogP contribution in [0.5, 0.6) is 0 Å². The molecule has 0 unspecified atom stereocenters. The summed E-state index contributed by atoms with van der Waals surface area (Å²) in [5.41, 5.74) is 2.57. The molecule has 0 aliphatic carbocycles. The van der Waals surface area contributed by atoms with Gasteiger partial charge in [0.2, 0.25) is 10.0 Å². The van der Waals surface area contributed by atoms with E-state index in [4.69, 9.17) is 0 Å².